The summed E-state index contributed by atoms with van der Waals surface area (Å²) in [5.41, 5.74) is 4.05. The van der Waals surface area contributed by atoms with Crippen LogP contribution in [0.5, 0.6) is 0 Å². The van der Waals surface area contributed by atoms with Gasteiger partial charge in [0, 0.05) is 36.6 Å². The van der Waals surface area contributed by atoms with E-state index in [1.807, 2.05) is 19.1 Å². The molecular formula is C41H34Cl2N4O3S2. The minimum Gasteiger partial charge on any atom is -0.321 e. The lowest BCUT2D eigenvalue weighted by atomic mass is 9.83. The maximum Gasteiger partial charge on any atom is 0.272 e. The first-order chi connectivity index (χ1) is 25.2. The minimum absolute atomic E-state index is 0.0604. The van der Waals surface area contributed by atoms with Crippen molar-refractivity contribution in [3.63, 3.8) is 0 Å². The summed E-state index contributed by atoms with van der Waals surface area (Å²) in [5, 5.41) is 19.5. The molecule has 0 spiro atoms. The second kappa shape index (κ2) is 17.1. The fourth-order valence-corrected chi connectivity index (χ4v) is 8.86. The van der Waals surface area contributed by atoms with Crippen LogP contribution in [0.15, 0.2) is 114 Å². The number of rotatable bonds is 11. The Hall–Kier alpha value is -4.85. The fourth-order valence-electron chi connectivity index (χ4n) is 6.06. The Bertz CT molecular complexity index is 2160. The molecule has 0 saturated carbocycles. The van der Waals surface area contributed by atoms with Crippen molar-refractivity contribution in [2.45, 2.75) is 48.7 Å². The predicted octanol–water partition coefficient (Wildman–Crippen LogP) is 10.1. The van der Waals surface area contributed by atoms with Crippen molar-refractivity contribution < 1.29 is 14.4 Å². The van der Waals surface area contributed by atoms with E-state index in [1.54, 1.807) is 66.7 Å². The van der Waals surface area contributed by atoms with Gasteiger partial charge in [-0.25, -0.2) is 0 Å². The van der Waals surface area contributed by atoms with E-state index >= 15 is 0 Å². The Balaban J connectivity index is 1.16. The second-order valence-electron chi connectivity index (χ2n) is 12.2. The van der Waals surface area contributed by atoms with E-state index < -0.39 is 17.1 Å². The third kappa shape index (κ3) is 8.77. The van der Waals surface area contributed by atoms with Crippen LogP contribution >= 0.6 is 46.3 Å². The van der Waals surface area contributed by atoms with Crippen molar-refractivity contribution >= 4 is 80.8 Å². The summed E-state index contributed by atoms with van der Waals surface area (Å²) in [4.78, 5) is 42.3. The first kappa shape index (κ1) is 36.9. The van der Waals surface area contributed by atoms with Crippen LogP contribution in [0, 0.1) is 11.3 Å². The molecule has 52 heavy (non-hydrogen) atoms. The molecule has 7 nitrogen and oxygen atoms in total. The molecule has 3 N–H and O–H groups in total. The van der Waals surface area contributed by atoms with Gasteiger partial charge in [-0.1, -0.05) is 90.8 Å². The van der Waals surface area contributed by atoms with Crippen molar-refractivity contribution in [2.24, 2.45) is 0 Å². The molecule has 11 heteroatoms. The van der Waals surface area contributed by atoms with Crippen LogP contribution in [0.25, 0.3) is 6.08 Å². The fraction of sp³-hybridized carbons (Fsp3) is 0.171. The largest absolute Gasteiger partial charge is 0.321 e. The van der Waals surface area contributed by atoms with Gasteiger partial charge in [-0.3, -0.25) is 14.4 Å². The highest BCUT2D eigenvalue weighted by Crippen LogP contribution is 2.42. The van der Waals surface area contributed by atoms with Gasteiger partial charge in [-0.2, -0.15) is 5.26 Å². The van der Waals surface area contributed by atoms with Gasteiger partial charge in [0.2, 0.25) is 5.91 Å². The maximum atomic E-state index is 13.7. The molecule has 0 radical (unpaired) electrons. The number of carbonyl (C=O) groups is 3. The summed E-state index contributed by atoms with van der Waals surface area (Å²) in [6, 6.07) is 33.4. The Morgan fingerprint density at radius 3 is 2.33 bits per heavy atom. The number of nitriles is 1. The zero-order chi connectivity index (χ0) is 36.6. The van der Waals surface area contributed by atoms with E-state index in [9.17, 15) is 19.6 Å². The lowest BCUT2D eigenvalue weighted by molar-refractivity contribution is -0.116. The van der Waals surface area contributed by atoms with Crippen LogP contribution in [0.1, 0.15) is 63.2 Å². The molecule has 1 aliphatic carbocycles. The van der Waals surface area contributed by atoms with E-state index in [2.05, 4.69) is 46.3 Å². The van der Waals surface area contributed by atoms with Crippen LogP contribution in [0.4, 0.5) is 10.7 Å². The first-order valence-corrected chi connectivity index (χ1v) is 19.2. The van der Waals surface area contributed by atoms with E-state index in [0.29, 0.717) is 49.8 Å². The Labute approximate surface area is 321 Å². The first-order valence-electron chi connectivity index (χ1n) is 16.7. The van der Waals surface area contributed by atoms with Crippen molar-refractivity contribution in [1.29, 1.82) is 5.26 Å². The normalized spacial score (nSPS) is 14.4. The number of nitrogens with zero attached hydrogens (tertiary/aromatic N) is 1. The SMILES string of the molecule is CCC(Sc1cccc(NC(=O)/C(=C\c2c(Cl)cccc2Cl)NC(=O)c2ccccc2)c1)C(=O)Nc1sc2c(c1C#N)CCC(c1ccccc1)C2. The van der Waals surface area contributed by atoms with Gasteiger partial charge >= 0.3 is 0 Å². The molecule has 1 heterocycles. The van der Waals surface area contributed by atoms with Crippen LogP contribution < -0.4 is 16.0 Å². The third-order valence-corrected chi connectivity index (χ3v) is 11.9. The van der Waals surface area contributed by atoms with Crippen molar-refractivity contribution in [2.75, 3.05) is 10.6 Å². The Kier molecular flexibility index (Phi) is 12.2. The minimum atomic E-state index is -0.590. The molecule has 0 fully saturated rings. The zero-order valence-corrected chi connectivity index (χ0v) is 31.3. The number of carbonyl (C=O) groups excluding carboxylic acids is 3. The van der Waals surface area contributed by atoms with Crippen LogP contribution in [-0.4, -0.2) is 23.0 Å². The Morgan fingerprint density at radius 2 is 1.63 bits per heavy atom. The molecule has 1 aliphatic rings. The average Bonchev–Trinajstić information content (AvgIpc) is 3.51. The highest BCUT2D eigenvalue weighted by Gasteiger charge is 2.29. The van der Waals surface area contributed by atoms with E-state index in [4.69, 9.17) is 23.2 Å². The van der Waals surface area contributed by atoms with Crippen molar-refractivity contribution in [3.8, 4) is 6.07 Å². The quantitative estimate of drug-likeness (QED) is 0.0916. The van der Waals surface area contributed by atoms with Crippen LogP contribution in [0.3, 0.4) is 0 Å². The van der Waals surface area contributed by atoms with Crippen molar-refractivity contribution in [1.82, 2.24) is 5.32 Å². The summed E-state index contributed by atoms with van der Waals surface area (Å²) in [6.07, 6.45) is 4.58. The highest BCUT2D eigenvalue weighted by molar-refractivity contribution is 8.00. The summed E-state index contributed by atoms with van der Waals surface area (Å²) < 4.78 is 0. The monoisotopic (exact) mass is 764 g/mol. The Morgan fingerprint density at radius 1 is 0.942 bits per heavy atom. The molecule has 1 aromatic heterocycles. The zero-order valence-electron chi connectivity index (χ0n) is 28.1. The van der Waals surface area contributed by atoms with E-state index in [-0.39, 0.29) is 11.6 Å². The number of fused-ring (bicyclic) bond motifs is 1. The summed E-state index contributed by atoms with van der Waals surface area (Å²) >= 11 is 15.7. The van der Waals surface area contributed by atoms with Crippen LogP contribution in [0.2, 0.25) is 10.0 Å². The lowest BCUT2D eigenvalue weighted by Gasteiger charge is -2.22. The van der Waals surface area contributed by atoms with Gasteiger partial charge in [0.05, 0.1) is 10.8 Å². The molecule has 0 bridgehead atoms. The van der Waals surface area contributed by atoms with Gasteiger partial charge in [0.15, 0.2) is 0 Å². The number of nitrogens with one attached hydrogen (secondary N) is 3. The second-order valence-corrected chi connectivity index (χ2v) is 15.4. The van der Waals surface area contributed by atoms with Gasteiger partial charge in [-0.15, -0.1) is 23.1 Å². The molecule has 262 valence electrons. The number of thioether (sulfide) groups is 1. The highest BCUT2D eigenvalue weighted by atomic mass is 35.5. The van der Waals surface area contributed by atoms with Gasteiger partial charge < -0.3 is 16.0 Å². The predicted molar refractivity (Wildman–Crippen MR) is 212 cm³/mol. The molecule has 0 aliphatic heterocycles. The summed E-state index contributed by atoms with van der Waals surface area (Å²) in [6.45, 7) is 1.93. The topological polar surface area (TPSA) is 111 Å². The summed E-state index contributed by atoms with van der Waals surface area (Å²) in [5.74, 6) is -0.877. The number of hydrogen-bond acceptors (Lipinski definition) is 6. The molecule has 3 amide bonds. The number of benzene rings is 4. The number of thiophene rings is 1. The number of amides is 3. The molecule has 5 aromatic rings. The summed E-state index contributed by atoms with van der Waals surface area (Å²) in [7, 11) is 0. The lowest BCUT2D eigenvalue weighted by Crippen LogP contribution is -2.30. The number of halogens is 2. The third-order valence-electron chi connectivity index (χ3n) is 8.74. The van der Waals surface area contributed by atoms with E-state index in [0.717, 1.165) is 34.6 Å². The molecule has 2 unspecified atom stereocenters. The smallest absolute Gasteiger partial charge is 0.272 e. The van der Waals surface area contributed by atoms with Crippen LogP contribution in [-0.2, 0) is 22.4 Å². The molecule has 2 atom stereocenters. The van der Waals surface area contributed by atoms with E-state index in [1.165, 1.54) is 34.7 Å². The molecule has 4 aromatic carbocycles. The molecule has 0 saturated heterocycles. The maximum absolute atomic E-state index is 13.7. The van der Waals surface area contributed by atoms with Gasteiger partial charge in [-0.05, 0) is 91.3 Å². The van der Waals surface area contributed by atoms with Crippen molar-refractivity contribution in [3.05, 3.63) is 152 Å². The van der Waals surface area contributed by atoms with Gasteiger partial charge in [0.25, 0.3) is 11.8 Å². The molecule has 6 rings (SSSR count). The van der Waals surface area contributed by atoms with Gasteiger partial charge in [0.1, 0.15) is 16.8 Å². The number of hydrogen-bond donors (Lipinski definition) is 3. The number of anilines is 2. The molecular weight excluding hydrogens is 732 g/mol. The average molecular weight is 766 g/mol. The standard InChI is InChI=1S/C41H34Cl2N4O3S2/c1-2-36(40(50)47-41-32(24-44)30-20-19-27(21-37(30)52-41)25-11-5-3-6-12-25)51-29-16-9-15-28(22-29)45-39(49)35(23-31-33(42)17-10-18-34(31)43)46-38(48)26-13-7-4-8-14-26/h3-18,22-23,27,36H,2,19-21H2,1H3,(H,45,49)(H,46,48)(H,47,50)/b35-23+.